The first kappa shape index (κ1) is 6.78. The number of benzene rings is 1. The summed E-state index contributed by atoms with van der Waals surface area (Å²) in [6, 6.07) is 6.11. The first-order valence-corrected chi connectivity index (χ1v) is 4.35. The van der Waals surface area contributed by atoms with Gasteiger partial charge in [-0.15, -0.1) is 0 Å². The summed E-state index contributed by atoms with van der Waals surface area (Å²) in [6.45, 7) is 0.934. The second-order valence-corrected chi connectivity index (χ2v) is 3.15. The number of anilines is 1. The van der Waals surface area contributed by atoms with E-state index in [2.05, 4.69) is 23.1 Å². The van der Waals surface area contributed by atoms with Crippen molar-refractivity contribution < 1.29 is 4.74 Å². The van der Waals surface area contributed by atoms with Gasteiger partial charge in [0, 0.05) is 18.3 Å². The van der Waals surface area contributed by atoms with Gasteiger partial charge in [-0.25, -0.2) is 0 Å². The molecule has 2 aliphatic heterocycles. The predicted octanol–water partition coefficient (Wildman–Crippen LogP) is 2.38. The monoisotopic (exact) mass is 171 g/mol. The van der Waals surface area contributed by atoms with Gasteiger partial charge < -0.3 is 9.64 Å². The van der Waals surface area contributed by atoms with E-state index in [0.29, 0.717) is 0 Å². The molecular weight excluding hydrogens is 162 g/mol. The van der Waals surface area contributed by atoms with Crippen LogP contribution < -0.4 is 9.64 Å². The van der Waals surface area contributed by atoms with E-state index in [4.69, 9.17) is 4.74 Å². The lowest BCUT2D eigenvalue weighted by Crippen LogP contribution is -2.22. The van der Waals surface area contributed by atoms with Crippen molar-refractivity contribution in [2.24, 2.45) is 0 Å². The molecule has 2 nitrogen and oxygen atoms in total. The largest absolute Gasteiger partial charge is 0.461 e. The lowest BCUT2D eigenvalue weighted by Gasteiger charge is -2.29. The Bertz CT molecular complexity index is 407. The number of hydrogen-bond donors (Lipinski definition) is 0. The highest BCUT2D eigenvalue weighted by Crippen LogP contribution is 2.37. The van der Waals surface area contributed by atoms with Crippen molar-refractivity contribution in [1.29, 1.82) is 0 Å². The Kier molecular flexibility index (Phi) is 1.25. The van der Waals surface area contributed by atoms with Crippen LogP contribution in [-0.4, -0.2) is 6.54 Å². The summed E-state index contributed by atoms with van der Waals surface area (Å²) in [7, 11) is 0. The summed E-state index contributed by atoms with van der Waals surface area (Å²) in [6.07, 6.45) is 7.99. The number of rotatable bonds is 0. The first-order chi connectivity index (χ1) is 6.45. The smallest absolute Gasteiger partial charge is 0.150 e. The second-order valence-electron chi connectivity index (χ2n) is 3.15. The zero-order valence-corrected chi connectivity index (χ0v) is 7.10. The Balaban J connectivity index is 2.29. The number of nitrogens with zero attached hydrogens (tertiary/aromatic N) is 1. The third-order valence-corrected chi connectivity index (χ3v) is 2.35. The van der Waals surface area contributed by atoms with Crippen molar-refractivity contribution >= 4 is 11.8 Å². The third kappa shape index (κ3) is 0.886. The minimum atomic E-state index is 0.934. The average Bonchev–Trinajstić information content (AvgIpc) is 2.19. The predicted molar refractivity (Wildman–Crippen MR) is 52.6 cm³/mol. The van der Waals surface area contributed by atoms with E-state index in [1.807, 2.05) is 18.3 Å². The molecule has 2 aliphatic rings. The second kappa shape index (κ2) is 2.39. The maximum atomic E-state index is 5.41. The summed E-state index contributed by atoms with van der Waals surface area (Å²) in [5.74, 6) is 0.948. The molecule has 13 heavy (non-hydrogen) atoms. The van der Waals surface area contributed by atoms with Crippen LogP contribution in [-0.2, 0) is 0 Å². The van der Waals surface area contributed by atoms with Crippen LogP contribution in [0.5, 0.6) is 5.75 Å². The zero-order chi connectivity index (χ0) is 8.67. The zero-order valence-electron chi connectivity index (χ0n) is 7.10. The standard InChI is InChI=1S/C11H9NO/c1-3-9-4-2-6-12-7-8-13-10(5-1)11(9)12/h1-5,7-8H,6H2. The fraction of sp³-hybridized carbons (Fsp3) is 0.0909. The van der Waals surface area contributed by atoms with Crippen LogP contribution in [0.4, 0.5) is 5.69 Å². The van der Waals surface area contributed by atoms with E-state index in [-0.39, 0.29) is 0 Å². The van der Waals surface area contributed by atoms with E-state index in [0.717, 1.165) is 12.3 Å². The Morgan fingerprint density at radius 3 is 3.31 bits per heavy atom. The van der Waals surface area contributed by atoms with Gasteiger partial charge in [0.15, 0.2) is 5.75 Å². The summed E-state index contributed by atoms with van der Waals surface area (Å²) in [4.78, 5) is 2.19. The Hall–Kier alpha value is -1.70. The molecule has 0 radical (unpaired) electrons. The lowest BCUT2D eigenvalue weighted by molar-refractivity contribution is 0.470. The maximum absolute atomic E-state index is 5.41. The van der Waals surface area contributed by atoms with Gasteiger partial charge in [0.1, 0.15) is 6.26 Å². The van der Waals surface area contributed by atoms with Crippen molar-refractivity contribution in [3.63, 3.8) is 0 Å². The van der Waals surface area contributed by atoms with Crippen molar-refractivity contribution in [3.05, 3.63) is 42.3 Å². The summed E-state index contributed by atoms with van der Waals surface area (Å²) >= 11 is 0. The van der Waals surface area contributed by atoms with Crippen molar-refractivity contribution in [2.75, 3.05) is 11.4 Å². The molecule has 2 heterocycles. The van der Waals surface area contributed by atoms with E-state index in [1.54, 1.807) is 6.26 Å². The summed E-state index contributed by atoms with van der Waals surface area (Å²) in [5, 5.41) is 0. The number of hydrogen-bond acceptors (Lipinski definition) is 2. The highest BCUT2D eigenvalue weighted by Gasteiger charge is 2.18. The Morgan fingerprint density at radius 2 is 2.31 bits per heavy atom. The third-order valence-electron chi connectivity index (χ3n) is 2.35. The van der Waals surface area contributed by atoms with Gasteiger partial charge in [-0.1, -0.05) is 24.3 Å². The maximum Gasteiger partial charge on any atom is 0.150 e. The van der Waals surface area contributed by atoms with Crippen molar-refractivity contribution in [3.8, 4) is 5.75 Å². The molecule has 0 saturated heterocycles. The SMILES string of the molecule is C1=Cc2cccc3c2N(C=CO3)C1. The van der Waals surface area contributed by atoms with E-state index < -0.39 is 0 Å². The molecule has 1 aromatic carbocycles. The molecule has 0 amide bonds. The van der Waals surface area contributed by atoms with Crippen LogP contribution in [0.1, 0.15) is 5.56 Å². The molecule has 0 aliphatic carbocycles. The van der Waals surface area contributed by atoms with Gasteiger partial charge in [-0.2, -0.15) is 0 Å². The highest BCUT2D eigenvalue weighted by molar-refractivity contribution is 5.78. The quantitative estimate of drug-likeness (QED) is 0.594. The molecule has 64 valence electrons. The number of ether oxygens (including phenoxy) is 1. The summed E-state index contributed by atoms with van der Waals surface area (Å²) < 4.78 is 5.41. The van der Waals surface area contributed by atoms with Gasteiger partial charge in [0.25, 0.3) is 0 Å². The topological polar surface area (TPSA) is 12.5 Å². The highest BCUT2D eigenvalue weighted by atomic mass is 16.5. The van der Waals surface area contributed by atoms with Gasteiger partial charge >= 0.3 is 0 Å². The fourth-order valence-electron chi connectivity index (χ4n) is 1.77. The van der Waals surface area contributed by atoms with Crippen LogP contribution in [0.25, 0.3) is 6.08 Å². The molecule has 0 atom stereocenters. The molecule has 1 aromatic rings. The lowest BCUT2D eigenvalue weighted by atomic mass is 10.1. The minimum Gasteiger partial charge on any atom is -0.461 e. The van der Waals surface area contributed by atoms with Crippen LogP contribution in [0.2, 0.25) is 0 Å². The average molecular weight is 171 g/mol. The van der Waals surface area contributed by atoms with Gasteiger partial charge in [-0.05, 0) is 6.07 Å². The van der Waals surface area contributed by atoms with E-state index in [1.165, 1.54) is 11.3 Å². The van der Waals surface area contributed by atoms with Crippen molar-refractivity contribution in [2.45, 2.75) is 0 Å². The van der Waals surface area contributed by atoms with Gasteiger partial charge in [0.2, 0.25) is 0 Å². The molecule has 0 fully saturated rings. The van der Waals surface area contributed by atoms with Gasteiger partial charge in [0.05, 0.1) is 5.69 Å². The molecule has 0 unspecified atom stereocenters. The molecule has 0 saturated carbocycles. The fourth-order valence-corrected chi connectivity index (χ4v) is 1.77. The van der Waals surface area contributed by atoms with Crippen LogP contribution in [0.3, 0.4) is 0 Å². The molecule has 3 rings (SSSR count). The van der Waals surface area contributed by atoms with Crippen LogP contribution in [0.15, 0.2) is 36.7 Å². The van der Waals surface area contributed by atoms with Crippen molar-refractivity contribution in [1.82, 2.24) is 0 Å². The Morgan fingerprint density at radius 1 is 1.31 bits per heavy atom. The van der Waals surface area contributed by atoms with Crippen LogP contribution >= 0.6 is 0 Å². The molecule has 0 aromatic heterocycles. The first-order valence-electron chi connectivity index (χ1n) is 4.35. The van der Waals surface area contributed by atoms with Crippen LogP contribution in [0, 0.1) is 0 Å². The molecular formula is C11H9NO. The van der Waals surface area contributed by atoms with E-state index in [9.17, 15) is 0 Å². The Labute approximate surface area is 76.7 Å². The molecule has 2 heteroatoms. The van der Waals surface area contributed by atoms with E-state index >= 15 is 0 Å². The number of para-hydroxylation sites is 1. The normalized spacial score (nSPS) is 16.8. The van der Waals surface area contributed by atoms with Gasteiger partial charge in [-0.3, -0.25) is 0 Å². The summed E-state index contributed by atoms with van der Waals surface area (Å²) in [5.41, 5.74) is 2.42. The molecule has 0 spiro atoms. The minimum absolute atomic E-state index is 0.934. The molecule has 0 N–H and O–H groups in total. The molecule has 0 bridgehead atoms.